The summed E-state index contributed by atoms with van der Waals surface area (Å²) in [5.74, 6) is -0.106. The molecule has 0 spiro atoms. The summed E-state index contributed by atoms with van der Waals surface area (Å²) in [5.41, 5.74) is 0.496. The van der Waals surface area contributed by atoms with Crippen molar-refractivity contribution in [1.29, 1.82) is 0 Å². The van der Waals surface area contributed by atoms with Crippen LogP contribution in [0, 0.1) is 0 Å². The average molecular weight is 365 g/mol. The van der Waals surface area contributed by atoms with Gasteiger partial charge in [-0.15, -0.1) is 0 Å². The van der Waals surface area contributed by atoms with E-state index in [1.54, 1.807) is 19.4 Å². The lowest BCUT2D eigenvalue weighted by molar-refractivity contribution is -0.126. The van der Waals surface area contributed by atoms with Crippen molar-refractivity contribution in [1.82, 2.24) is 25.3 Å². The molecule has 2 aliphatic heterocycles. The summed E-state index contributed by atoms with van der Waals surface area (Å²) in [5, 5.41) is 19.5. The minimum absolute atomic E-state index is 0.0451. The molecule has 144 valence electrons. The fourth-order valence-electron chi connectivity index (χ4n) is 3.84. The molecule has 3 heterocycles. The van der Waals surface area contributed by atoms with Crippen LogP contribution in [0.1, 0.15) is 29.8 Å². The highest BCUT2D eigenvalue weighted by atomic mass is 16.5. The Morgan fingerprint density at radius 2 is 2.19 bits per heavy atom. The number of ether oxygens (including phenoxy) is 1. The average Bonchev–Trinajstić information content (AvgIpc) is 3.31. The van der Waals surface area contributed by atoms with Crippen molar-refractivity contribution in [2.45, 2.75) is 37.5 Å². The van der Waals surface area contributed by atoms with Gasteiger partial charge in [-0.2, -0.15) is 5.10 Å². The van der Waals surface area contributed by atoms with Crippen LogP contribution < -0.4 is 5.32 Å². The number of carbonyl (C=O) groups excluding carboxylic acids is 2. The van der Waals surface area contributed by atoms with Gasteiger partial charge in [0.2, 0.25) is 5.91 Å². The van der Waals surface area contributed by atoms with Crippen LogP contribution >= 0.6 is 0 Å². The quantitative estimate of drug-likeness (QED) is 0.570. The highest BCUT2D eigenvalue weighted by Crippen LogP contribution is 2.27. The molecule has 3 N–H and O–H groups in total. The summed E-state index contributed by atoms with van der Waals surface area (Å²) in [6.07, 6.45) is 3.10. The first-order valence-corrected chi connectivity index (χ1v) is 9.09. The molecule has 1 aromatic rings. The van der Waals surface area contributed by atoms with Crippen LogP contribution in [0.15, 0.2) is 12.3 Å². The van der Waals surface area contributed by atoms with Crippen molar-refractivity contribution < 1.29 is 19.4 Å². The lowest BCUT2D eigenvalue weighted by atomic mass is 10.0. The minimum Gasteiger partial charge on any atom is -0.392 e. The molecular formula is C17H27N5O4. The van der Waals surface area contributed by atoms with Gasteiger partial charge in [-0.25, -0.2) is 0 Å². The maximum atomic E-state index is 12.5. The first-order chi connectivity index (χ1) is 12.6. The Morgan fingerprint density at radius 3 is 2.85 bits per heavy atom. The Hall–Kier alpha value is -1.97. The zero-order chi connectivity index (χ0) is 18.5. The Morgan fingerprint density at radius 1 is 1.42 bits per heavy atom. The Bertz CT molecular complexity index is 600. The van der Waals surface area contributed by atoms with Crippen molar-refractivity contribution in [3.8, 4) is 0 Å². The molecule has 1 aromatic heterocycles. The molecule has 0 radical (unpaired) electrons. The number of hydrogen-bond donors (Lipinski definition) is 3. The molecule has 26 heavy (non-hydrogen) atoms. The number of rotatable bonds is 6. The van der Waals surface area contributed by atoms with Crippen LogP contribution in [0.3, 0.4) is 0 Å². The van der Waals surface area contributed by atoms with Gasteiger partial charge in [0.05, 0.1) is 18.8 Å². The third-order valence-electron chi connectivity index (χ3n) is 5.18. The van der Waals surface area contributed by atoms with Gasteiger partial charge in [-0.3, -0.25) is 19.6 Å². The number of aliphatic hydroxyl groups is 1. The monoisotopic (exact) mass is 365 g/mol. The SMILES string of the molecule is COCCNC(=O)[C@@H]1C[C@@H](O)CN1C1CCN(C(=O)c2ccn[nH]2)CC1. The molecule has 9 heteroatoms. The lowest BCUT2D eigenvalue weighted by Crippen LogP contribution is -2.52. The van der Waals surface area contributed by atoms with Crippen LogP contribution in [0.5, 0.6) is 0 Å². The summed E-state index contributed by atoms with van der Waals surface area (Å²) in [6, 6.07) is 1.55. The largest absolute Gasteiger partial charge is 0.392 e. The molecule has 2 amide bonds. The smallest absolute Gasteiger partial charge is 0.271 e. The Balaban J connectivity index is 1.55. The highest BCUT2D eigenvalue weighted by molar-refractivity contribution is 5.92. The van der Waals surface area contributed by atoms with E-state index in [0.29, 0.717) is 44.9 Å². The van der Waals surface area contributed by atoms with Crippen molar-refractivity contribution in [2.24, 2.45) is 0 Å². The van der Waals surface area contributed by atoms with Gasteiger partial charge in [0.25, 0.3) is 5.91 Å². The Labute approximate surface area is 152 Å². The first-order valence-electron chi connectivity index (χ1n) is 9.09. The number of β-amino-alcohol motifs (C(OH)–C–C–N with tert-alkyl or cyclic N) is 1. The molecular weight excluding hydrogens is 338 g/mol. The minimum atomic E-state index is -0.488. The fraction of sp³-hybridized carbons (Fsp3) is 0.706. The maximum Gasteiger partial charge on any atom is 0.271 e. The van der Waals surface area contributed by atoms with Gasteiger partial charge in [0.15, 0.2) is 0 Å². The van der Waals surface area contributed by atoms with Gasteiger partial charge in [0.1, 0.15) is 5.69 Å². The van der Waals surface area contributed by atoms with Gasteiger partial charge < -0.3 is 20.1 Å². The molecule has 9 nitrogen and oxygen atoms in total. The predicted molar refractivity (Wildman–Crippen MR) is 93.5 cm³/mol. The van der Waals surface area contributed by atoms with Crippen molar-refractivity contribution in [3.05, 3.63) is 18.0 Å². The summed E-state index contributed by atoms with van der Waals surface area (Å²) in [6.45, 7) is 2.70. The van der Waals surface area contributed by atoms with Crippen LogP contribution in [-0.4, -0.2) is 95.0 Å². The van der Waals surface area contributed by atoms with E-state index in [-0.39, 0.29) is 23.9 Å². The zero-order valence-electron chi connectivity index (χ0n) is 15.1. The molecule has 0 unspecified atom stereocenters. The molecule has 0 aromatic carbocycles. The van der Waals surface area contributed by atoms with Crippen LogP contribution in [-0.2, 0) is 9.53 Å². The van der Waals surface area contributed by atoms with E-state index in [1.807, 2.05) is 4.90 Å². The normalized spacial score (nSPS) is 24.8. The lowest BCUT2D eigenvalue weighted by Gasteiger charge is -2.38. The maximum absolute atomic E-state index is 12.5. The zero-order valence-corrected chi connectivity index (χ0v) is 15.1. The third-order valence-corrected chi connectivity index (χ3v) is 5.18. The van der Waals surface area contributed by atoms with Gasteiger partial charge in [-0.05, 0) is 25.3 Å². The first kappa shape index (κ1) is 18.8. The number of amides is 2. The molecule has 0 aliphatic carbocycles. The summed E-state index contributed by atoms with van der Waals surface area (Å²) >= 11 is 0. The number of H-pyrrole nitrogens is 1. The number of piperidine rings is 1. The van der Waals surface area contributed by atoms with E-state index in [4.69, 9.17) is 4.74 Å². The molecule has 2 atom stereocenters. The number of aromatic amines is 1. The number of carbonyl (C=O) groups is 2. The number of aromatic nitrogens is 2. The number of aliphatic hydroxyl groups excluding tert-OH is 1. The van der Waals surface area contributed by atoms with Gasteiger partial charge in [-0.1, -0.05) is 0 Å². The predicted octanol–water partition coefficient (Wildman–Crippen LogP) is -0.788. The fourth-order valence-corrected chi connectivity index (χ4v) is 3.84. The Kier molecular flexibility index (Phi) is 6.23. The molecule has 0 saturated carbocycles. The number of hydrogen-bond acceptors (Lipinski definition) is 6. The van der Waals surface area contributed by atoms with E-state index in [9.17, 15) is 14.7 Å². The number of nitrogens with zero attached hydrogens (tertiary/aromatic N) is 3. The summed E-state index contributed by atoms with van der Waals surface area (Å²) < 4.78 is 4.96. The third kappa shape index (κ3) is 4.22. The molecule has 3 rings (SSSR count). The topological polar surface area (TPSA) is 111 Å². The van der Waals surface area contributed by atoms with E-state index in [1.165, 1.54) is 0 Å². The number of likely N-dealkylation sites (tertiary alicyclic amines) is 2. The van der Waals surface area contributed by atoms with Crippen LogP contribution in [0.4, 0.5) is 0 Å². The molecule has 2 saturated heterocycles. The van der Waals surface area contributed by atoms with Gasteiger partial charge in [0, 0.05) is 45.5 Å². The molecule has 2 fully saturated rings. The number of methoxy groups -OCH3 is 1. The van der Waals surface area contributed by atoms with E-state index in [2.05, 4.69) is 20.4 Å². The van der Waals surface area contributed by atoms with Crippen molar-refractivity contribution >= 4 is 11.8 Å². The second kappa shape index (κ2) is 8.61. The van der Waals surface area contributed by atoms with Crippen molar-refractivity contribution in [3.63, 3.8) is 0 Å². The second-order valence-electron chi connectivity index (χ2n) is 6.88. The van der Waals surface area contributed by atoms with Gasteiger partial charge >= 0.3 is 0 Å². The highest BCUT2D eigenvalue weighted by Gasteiger charge is 2.40. The van der Waals surface area contributed by atoms with E-state index < -0.39 is 6.10 Å². The number of nitrogens with one attached hydrogen (secondary N) is 2. The molecule has 2 aliphatic rings. The summed E-state index contributed by atoms with van der Waals surface area (Å²) in [4.78, 5) is 28.7. The molecule has 0 bridgehead atoms. The van der Waals surface area contributed by atoms with E-state index >= 15 is 0 Å². The van der Waals surface area contributed by atoms with Crippen molar-refractivity contribution in [2.75, 3.05) is 39.9 Å². The van der Waals surface area contributed by atoms with E-state index in [0.717, 1.165) is 12.8 Å². The second-order valence-corrected chi connectivity index (χ2v) is 6.88. The van der Waals surface area contributed by atoms with Crippen LogP contribution in [0.2, 0.25) is 0 Å². The van der Waals surface area contributed by atoms with Crippen LogP contribution in [0.25, 0.3) is 0 Å². The standard InChI is InChI=1S/C17H27N5O4/c1-26-9-6-18-16(24)15-10-13(23)11-22(15)12-3-7-21(8-4-12)17(25)14-2-5-19-20-14/h2,5,12-13,15,23H,3-4,6-11H2,1H3,(H,18,24)(H,19,20)/t13-,15+/m1/s1. The summed E-state index contributed by atoms with van der Waals surface area (Å²) in [7, 11) is 1.59.